The molecule has 0 N–H and O–H groups in total. The van der Waals surface area contributed by atoms with E-state index < -0.39 is 0 Å². The zero-order valence-corrected chi connectivity index (χ0v) is 34.2. The fourth-order valence-electron chi connectivity index (χ4n) is 10.1. The first-order valence-corrected chi connectivity index (χ1v) is 21.5. The first-order valence-electron chi connectivity index (χ1n) is 21.5. The molecule has 0 saturated carbocycles. The van der Waals surface area contributed by atoms with E-state index in [0.717, 1.165) is 104 Å². The largest absolute Gasteiger partial charge is 0.456 e. The summed E-state index contributed by atoms with van der Waals surface area (Å²) in [6.45, 7) is 0. The third-order valence-corrected chi connectivity index (χ3v) is 12.9. The second-order valence-electron chi connectivity index (χ2n) is 16.4. The molecule has 0 aliphatic heterocycles. The molecule has 9 aromatic carbocycles. The fraction of sp³-hybridized carbons (Fsp3) is 0. The van der Waals surface area contributed by atoms with Gasteiger partial charge in [0.15, 0.2) is 5.82 Å². The molecule has 0 spiro atoms. The molecule has 64 heavy (non-hydrogen) atoms. The van der Waals surface area contributed by atoms with E-state index in [1.807, 2.05) is 12.1 Å². The van der Waals surface area contributed by atoms with Crippen molar-refractivity contribution in [1.82, 2.24) is 28.7 Å². The van der Waals surface area contributed by atoms with Crippen molar-refractivity contribution in [2.75, 3.05) is 0 Å². The summed E-state index contributed by atoms with van der Waals surface area (Å²) in [7, 11) is 0. The van der Waals surface area contributed by atoms with Gasteiger partial charge >= 0.3 is 0 Å². The molecule has 5 aromatic heterocycles. The lowest BCUT2D eigenvalue weighted by Crippen LogP contribution is -2.10. The van der Waals surface area contributed by atoms with Crippen molar-refractivity contribution in [3.8, 4) is 40.1 Å². The molecule has 0 amide bonds. The summed E-state index contributed by atoms with van der Waals surface area (Å²) < 4.78 is 13.4. The standard InChI is InChI=1S/C57H34N6O/c1-3-16-35(17-4-1)38-24-15-29-52-54(38)43-31-30-36(32-53(43)64-52)55-58-56(62-47-26-12-7-20-39(47)40-21-8-13-27-48(40)62)60-57(59-55)63-49-28-14-10-23-42(49)45-33-50-44(34-51(45)63)41-22-9-11-25-46(41)61(50)37-18-5-2-6-19-37/h1-34H. The molecule has 0 saturated heterocycles. The zero-order chi connectivity index (χ0) is 41.9. The Morgan fingerprint density at radius 3 is 1.42 bits per heavy atom. The molecular formula is C57H34N6O. The maximum absolute atomic E-state index is 6.64. The van der Waals surface area contributed by atoms with Crippen molar-refractivity contribution >= 4 is 87.4 Å². The van der Waals surface area contributed by atoms with Crippen molar-refractivity contribution in [1.29, 1.82) is 0 Å². The summed E-state index contributed by atoms with van der Waals surface area (Å²) in [6.07, 6.45) is 0. The van der Waals surface area contributed by atoms with Crippen LogP contribution in [0.4, 0.5) is 0 Å². The van der Waals surface area contributed by atoms with Gasteiger partial charge in [0.25, 0.3) is 0 Å². The highest BCUT2D eigenvalue weighted by Gasteiger charge is 2.23. The molecule has 0 atom stereocenters. The minimum atomic E-state index is 0.523. The van der Waals surface area contributed by atoms with E-state index in [1.165, 1.54) is 5.39 Å². The SMILES string of the molecule is c1ccc(-c2cccc3oc4cc(-c5nc(-n6c7ccccc7c7ccccc76)nc(-n6c7ccccc7c7cc8c(cc76)c6ccccc6n8-c6ccccc6)n5)ccc4c23)cc1. The van der Waals surface area contributed by atoms with Gasteiger partial charge in [-0.25, -0.2) is 0 Å². The third kappa shape index (κ3) is 5.00. The van der Waals surface area contributed by atoms with E-state index in [9.17, 15) is 0 Å². The molecule has 14 rings (SSSR count). The summed E-state index contributed by atoms with van der Waals surface area (Å²) in [4.78, 5) is 16.2. The van der Waals surface area contributed by atoms with Gasteiger partial charge < -0.3 is 8.98 Å². The van der Waals surface area contributed by atoms with Gasteiger partial charge in [0.1, 0.15) is 11.2 Å². The summed E-state index contributed by atoms with van der Waals surface area (Å²) in [5.74, 6) is 1.59. The van der Waals surface area contributed by atoms with Gasteiger partial charge in [-0.2, -0.15) is 15.0 Å². The number of benzene rings is 9. The van der Waals surface area contributed by atoms with Crippen LogP contribution >= 0.6 is 0 Å². The molecule has 7 heteroatoms. The van der Waals surface area contributed by atoms with Gasteiger partial charge in [-0.1, -0.05) is 140 Å². The minimum Gasteiger partial charge on any atom is -0.456 e. The average molecular weight is 819 g/mol. The van der Waals surface area contributed by atoms with E-state index in [1.54, 1.807) is 0 Å². The Morgan fingerprint density at radius 1 is 0.312 bits per heavy atom. The van der Waals surface area contributed by atoms with Crippen LogP contribution in [0.3, 0.4) is 0 Å². The third-order valence-electron chi connectivity index (χ3n) is 12.9. The van der Waals surface area contributed by atoms with E-state index in [0.29, 0.717) is 17.7 Å². The minimum absolute atomic E-state index is 0.523. The Morgan fingerprint density at radius 2 is 0.812 bits per heavy atom. The predicted molar refractivity (Wildman–Crippen MR) is 261 cm³/mol. The fourth-order valence-corrected chi connectivity index (χ4v) is 10.1. The van der Waals surface area contributed by atoms with Gasteiger partial charge in [-0.05, 0) is 77.9 Å². The van der Waals surface area contributed by atoms with Crippen LogP contribution in [0.2, 0.25) is 0 Å². The Bertz CT molecular complexity index is 4140. The molecule has 0 unspecified atom stereocenters. The van der Waals surface area contributed by atoms with Crippen LogP contribution in [0.1, 0.15) is 0 Å². The van der Waals surface area contributed by atoms with Crippen molar-refractivity contribution in [3.05, 3.63) is 206 Å². The quantitative estimate of drug-likeness (QED) is 0.173. The number of para-hydroxylation sites is 5. The Balaban J connectivity index is 1.06. The monoisotopic (exact) mass is 818 g/mol. The molecule has 0 aliphatic rings. The van der Waals surface area contributed by atoms with Gasteiger partial charge in [0.2, 0.25) is 11.9 Å². The van der Waals surface area contributed by atoms with Gasteiger partial charge in [-0.15, -0.1) is 0 Å². The first kappa shape index (κ1) is 34.9. The summed E-state index contributed by atoms with van der Waals surface area (Å²) in [5.41, 5.74) is 12.2. The summed E-state index contributed by atoms with van der Waals surface area (Å²) in [5, 5.41) is 8.94. The van der Waals surface area contributed by atoms with Crippen LogP contribution in [0.5, 0.6) is 0 Å². The van der Waals surface area contributed by atoms with E-state index in [4.69, 9.17) is 19.4 Å². The van der Waals surface area contributed by atoms with Crippen LogP contribution in [0.25, 0.3) is 127 Å². The van der Waals surface area contributed by atoms with Crippen LogP contribution in [0.15, 0.2) is 211 Å². The van der Waals surface area contributed by atoms with Gasteiger partial charge in [-0.3, -0.25) is 9.13 Å². The van der Waals surface area contributed by atoms with E-state index in [2.05, 4.69) is 208 Å². The first-order chi connectivity index (χ1) is 31.7. The molecule has 14 aromatic rings. The molecule has 0 radical (unpaired) electrons. The maximum atomic E-state index is 6.64. The topological polar surface area (TPSA) is 66.6 Å². The second kappa shape index (κ2) is 13.3. The number of fused-ring (bicyclic) bond motifs is 12. The number of hydrogen-bond acceptors (Lipinski definition) is 4. The van der Waals surface area contributed by atoms with Crippen molar-refractivity contribution in [2.45, 2.75) is 0 Å². The molecular weight excluding hydrogens is 785 g/mol. The van der Waals surface area contributed by atoms with Crippen LogP contribution in [-0.2, 0) is 0 Å². The highest BCUT2D eigenvalue weighted by atomic mass is 16.3. The lowest BCUT2D eigenvalue weighted by molar-refractivity contribution is 0.669. The number of rotatable bonds is 5. The van der Waals surface area contributed by atoms with Gasteiger partial charge in [0, 0.05) is 54.3 Å². The molecule has 0 bridgehead atoms. The lowest BCUT2D eigenvalue weighted by atomic mass is 9.99. The predicted octanol–water partition coefficient (Wildman–Crippen LogP) is 14.4. The number of furan rings is 1. The lowest BCUT2D eigenvalue weighted by Gasteiger charge is -2.13. The smallest absolute Gasteiger partial charge is 0.240 e. The number of hydrogen-bond donors (Lipinski definition) is 0. The Kier molecular flexibility index (Phi) is 7.27. The molecule has 298 valence electrons. The normalized spacial score (nSPS) is 12.1. The Labute approximate surface area is 365 Å². The molecule has 0 aliphatic carbocycles. The number of nitrogens with zero attached hydrogens (tertiary/aromatic N) is 6. The Hall–Kier alpha value is -8.81. The average Bonchev–Trinajstić information content (AvgIpc) is 4.09. The van der Waals surface area contributed by atoms with E-state index >= 15 is 0 Å². The van der Waals surface area contributed by atoms with Crippen molar-refractivity contribution < 1.29 is 4.42 Å². The van der Waals surface area contributed by atoms with E-state index in [-0.39, 0.29) is 0 Å². The zero-order valence-electron chi connectivity index (χ0n) is 34.2. The molecule has 7 nitrogen and oxygen atoms in total. The molecule has 0 fully saturated rings. The highest BCUT2D eigenvalue weighted by molar-refractivity contribution is 6.19. The second-order valence-corrected chi connectivity index (χ2v) is 16.4. The summed E-state index contributed by atoms with van der Waals surface area (Å²) in [6, 6.07) is 72.5. The summed E-state index contributed by atoms with van der Waals surface area (Å²) >= 11 is 0. The van der Waals surface area contributed by atoms with Gasteiger partial charge in [0.05, 0.1) is 33.1 Å². The van der Waals surface area contributed by atoms with Crippen molar-refractivity contribution in [3.63, 3.8) is 0 Å². The van der Waals surface area contributed by atoms with Crippen LogP contribution in [0, 0.1) is 0 Å². The highest BCUT2D eigenvalue weighted by Crippen LogP contribution is 2.41. The van der Waals surface area contributed by atoms with Crippen LogP contribution in [-0.4, -0.2) is 28.7 Å². The van der Waals surface area contributed by atoms with Crippen LogP contribution < -0.4 is 0 Å². The maximum Gasteiger partial charge on any atom is 0.240 e. The van der Waals surface area contributed by atoms with Crippen molar-refractivity contribution in [2.24, 2.45) is 0 Å². The number of aromatic nitrogens is 6. The molecule has 5 heterocycles.